The maximum atomic E-state index is 12.1. The summed E-state index contributed by atoms with van der Waals surface area (Å²) in [7, 11) is 0. The van der Waals surface area contributed by atoms with Crippen LogP contribution < -0.4 is 5.32 Å². The van der Waals surface area contributed by atoms with E-state index < -0.39 is 0 Å². The van der Waals surface area contributed by atoms with Crippen molar-refractivity contribution in [1.82, 2.24) is 5.32 Å². The third-order valence-electron chi connectivity index (χ3n) is 2.95. The first kappa shape index (κ1) is 12.4. The first-order valence-electron chi connectivity index (χ1n) is 6.16. The highest BCUT2D eigenvalue weighted by Gasteiger charge is 2.17. The fraction of sp³-hybridized carbons (Fsp3) is 0.267. The number of hydrogen-bond donors (Lipinski definition) is 1. The Hall–Kier alpha value is -2.03. The summed E-state index contributed by atoms with van der Waals surface area (Å²) < 4.78 is 5.31. The topological polar surface area (TPSA) is 42.2 Å². The number of rotatable bonds is 4. The van der Waals surface area contributed by atoms with Crippen LogP contribution in [-0.4, -0.2) is 11.9 Å². The largest absolute Gasteiger partial charge is 0.459 e. The van der Waals surface area contributed by atoms with Crippen LogP contribution in [-0.2, 0) is 0 Å². The second-order valence-corrected chi connectivity index (χ2v) is 4.31. The van der Waals surface area contributed by atoms with E-state index in [0.29, 0.717) is 5.76 Å². The second-order valence-electron chi connectivity index (χ2n) is 4.31. The molecule has 1 aromatic carbocycles. The zero-order valence-electron chi connectivity index (χ0n) is 10.6. The number of amides is 1. The van der Waals surface area contributed by atoms with Crippen LogP contribution in [0.5, 0.6) is 0 Å². The van der Waals surface area contributed by atoms with Gasteiger partial charge in [-0.1, -0.05) is 37.3 Å². The average Bonchev–Trinajstić information content (AvgIpc) is 2.88. The molecule has 0 saturated heterocycles. The predicted molar refractivity (Wildman–Crippen MR) is 71.4 cm³/mol. The monoisotopic (exact) mass is 243 g/mol. The summed E-state index contributed by atoms with van der Waals surface area (Å²) in [6.07, 6.45) is 2.45. The third kappa shape index (κ3) is 2.62. The summed E-state index contributed by atoms with van der Waals surface area (Å²) in [5, 5.41) is 2.91. The summed E-state index contributed by atoms with van der Waals surface area (Å²) in [5.74, 6) is 0.217. The summed E-state index contributed by atoms with van der Waals surface area (Å²) >= 11 is 0. The minimum Gasteiger partial charge on any atom is -0.459 e. The van der Waals surface area contributed by atoms with E-state index in [1.54, 1.807) is 6.26 Å². The molecule has 1 N–H and O–H groups in total. The van der Waals surface area contributed by atoms with Crippen molar-refractivity contribution >= 4 is 5.91 Å². The minimum atomic E-state index is -0.159. The van der Waals surface area contributed by atoms with Gasteiger partial charge in [-0.3, -0.25) is 4.79 Å². The molecule has 1 amide bonds. The zero-order valence-corrected chi connectivity index (χ0v) is 10.6. The molecule has 1 atom stereocenters. The number of nitrogens with one attached hydrogen (secondary N) is 1. The van der Waals surface area contributed by atoms with E-state index in [-0.39, 0.29) is 11.9 Å². The smallest absolute Gasteiger partial charge is 0.287 e. The summed E-state index contributed by atoms with van der Waals surface area (Å²) in [4.78, 5) is 12.1. The van der Waals surface area contributed by atoms with Crippen LogP contribution >= 0.6 is 0 Å². The number of furan rings is 1. The van der Waals surface area contributed by atoms with Crippen molar-refractivity contribution in [3.05, 3.63) is 48.4 Å². The Morgan fingerprint density at radius 2 is 2.00 bits per heavy atom. The maximum Gasteiger partial charge on any atom is 0.287 e. The van der Waals surface area contributed by atoms with Gasteiger partial charge in [0.2, 0.25) is 0 Å². The summed E-state index contributed by atoms with van der Waals surface area (Å²) in [6.45, 7) is 4.01. The molecule has 1 aromatic heterocycles. The van der Waals surface area contributed by atoms with Gasteiger partial charge in [-0.2, -0.15) is 0 Å². The number of hydrogen-bond acceptors (Lipinski definition) is 2. The lowest BCUT2D eigenvalue weighted by Gasteiger charge is -2.10. The highest BCUT2D eigenvalue weighted by Crippen LogP contribution is 2.24. The standard InChI is InChI=1S/C15H17NO2/c1-3-11(2)16-15(17)14-13(9-10-18-14)12-7-5-4-6-8-12/h4-11H,3H2,1-2H3,(H,16,17)/t11-/m0/s1. The molecule has 3 heteroatoms. The van der Waals surface area contributed by atoms with Gasteiger partial charge < -0.3 is 9.73 Å². The van der Waals surface area contributed by atoms with E-state index in [2.05, 4.69) is 5.32 Å². The maximum absolute atomic E-state index is 12.1. The van der Waals surface area contributed by atoms with Crippen LogP contribution in [0.3, 0.4) is 0 Å². The molecule has 1 heterocycles. The van der Waals surface area contributed by atoms with E-state index in [9.17, 15) is 4.79 Å². The number of carbonyl (C=O) groups excluding carboxylic acids is 1. The van der Waals surface area contributed by atoms with Crippen molar-refractivity contribution in [2.24, 2.45) is 0 Å². The van der Waals surface area contributed by atoms with Gasteiger partial charge in [0.25, 0.3) is 5.91 Å². The van der Waals surface area contributed by atoms with E-state index in [0.717, 1.165) is 17.5 Å². The van der Waals surface area contributed by atoms with E-state index in [4.69, 9.17) is 4.42 Å². The van der Waals surface area contributed by atoms with E-state index >= 15 is 0 Å². The Morgan fingerprint density at radius 1 is 1.28 bits per heavy atom. The molecule has 18 heavy (non-hydrogen) atoms. The lowest BCUT2D eigenvalue weighted by molar-refractivity contribution is 0.0912. The highest BCUT2D eigenvalue weighted by atomic mass is 16.3. The van der Waals surface area contributed by atoms with Gasteiger partial charge in [-0.05, 0) is 25.0 Å². The number of carbonyl (C=O) groups is 1. The van der Waals surface area contributed by atoms with Gasteiger partial charge in [-0.25, -0.2) is 0 Å². The van der Waals surface area contributed by atoms with Crippen LogP contribution in [0.25, 0.3) is 11.1 Å². The van der Waals surface area contributed by atoms with Gasteiger partial charge >= 0.3 is 0 Å². The molecule has 3 nitrogen and oxygen atoms in total. The molecule has 0 saturated carbocycles. The molecule has 2 aromatic rings. The molecule has 0 aliphatic heterocycles. The van der Waals surface area contributed by atoms with Gasteiger partial charge in [0.15, 0.2) is 5.76 Å². The molecule has 0 fully saturated rings. The van der Waals surface area contributed by atoms with Gasteiger partial charge in [0.1, 0.15) is 0 Å². The van der Waals surface area contributed by atoms with E-state index in [1.165, 1.54) is 0 Å². The van der Waals surface area contributed by atoms with Crippen molar-refractivity contribution in [2.45, 2.75) is 26.3 Å². The minimum absolute atomic E-state index is 0.145. The molecule has 0 aliphatic carbocycles. The number of benzene rings is 1. The molecule has 94 valence electrons. The normalized spacial score (nSPS) is 12.1. The first-order valence-corrected chi connectivity index (χ1v) is 6.16. The molecule has 2 rings (SSSR count). The predicted octanol–water partition coefficient (Wildman–Crippen LogP) is 3.47. The SMILES string of the molecule is CC[C@H](C)NC(=O)c1occc1-c1ccccc1. The Labute approximate surface area is 107 Å². The summed E-state index contributed by atoms with van der Waals surface area (Å²) in [5.41, 5.74) is 1.82. The van der Waals surface area contributed by atoms with Gasteiger partial charge in [-0.15, -0.1) is 0 Å². The Balaban J connectivity index is 2.26. The molecule has 0 bridgehead atoms. The lowest BCUT2D eigenvalue weighted by atomic mass is 10.1. The van der Waals surface area contributed by atoms with Gasteiger partial charge in [0.05, 0.1) is 6.26 Å². The fourth-order valence-corrected chi connectivity index (χ4v) is 1.72. The molecule has 0 aliphatic rings. The van der Waals surface area contributed by atoms with Crippen LogP contribution in [0.4, 0.5) is 0 Å². The Kier molecular flexibility index (Phi) is 3.82. The quantitative estimate of drug-likeness (QED) is 0.893. The molecule has 0 spiro atoms. The molecular weight excluding hydrogens is 226 g/mol. The van der Waals surface area contributed by atoms with Gasteiger partial charge in [0, 0.05) is 11.6 Å². The Bertz CT molecular complexity index is 516. The average molecular weight is 243 g/mol. The van der Waals surface area contributed by atoms with Crippen molar-refractivity contribution in [3.63, 3.8) is 0 Å². The van der Waals surface area contributed by atoms with Crippen LogP contribution in [0.2, 0.25) is 0 Å². The van der Waals surface area contributed by atoms with Crippen LogP contribution in [0.1, 0.15) is 30.8 Å². The highest BCUT2D eigenvalue weighted by molar-refractivity contribution is 5.98. The first-order chi connectivity index (χ1) is 8.72. The van der Waals surface area contributed by atoms with E-state index in [1.807, 2.05) is 50.2 Å². The fourth-order valence-electron chi connectivity index (χ4n) is 1.72. The van der Waals surface area contributed by atoms with Crippen molar-refractivity contribution in [1.29, 1.82) is 0 Å². The lowest BCUT2D eigenvalue weighted by Crippen LogP contribution is -2.31. The summed E-state index contributed by atoms with van der Waals surface area (Å²) in [6, 6.07) is 11.7. The second kappa shape index (κ2) is 5.54. The molecule has 0 unspecified atom stereocenters. The van der Waals surface area contributed by atoms with Crippen LogP contribution in [0.15, 0.2) is 47.1 Å². The Morgan fingerprint density at radius 3 is 2.67 bits per heavy atom. The van der Waals surface area contributed by atoms with Crippen molar-refractivity contribution < 1.29 is 9.21 Å². The third-order valence-corrected chi connectivity index (χ3v) is 2.95. The molecular formula is C15H17NO2. The van der Waals surface area contributed by atoms with Crippen LogP contribution in [0, 0.1) is 0 Å². The zero-order chi connectivity index (χ0) is 13.0. The molecule has 0 radical (unpaired) electrons. The van der Waals surface area contributed by atoms with Crippen molar-refractivity contribution in [2.75, 3.05) is 0 Å². The van der Waals surface area contributed by atoms with Crippen molar-refractivity contribution in [3.8, 4) is 11.1 Å².